The van der Waals surface area contributed by atoms with Crippen LogP contribution in [0.15, 0.2) is 24.5 Å². The molecule has 18 heavy (non-hydrogen) atoms. The van der Waals surface area contributed by atoms with Crippen LogP contribution in [0.2, 0.25) is 0 Å². The van der Waals surface area contributed by atoms with E-state index in [4.69, 9.17) is 5.73 Å². The first-order valence-electron chi connectivity index (χ1n) is 6.06. The van der Waals surface area contributed by atoms with Gasteiger partial charge in [0.2, 0.25) is 0 Å². The molecule has 0 saturated carbocycles. The number of sulfone groups is 1. The zero-order valence-corrected chi connectivity index (χ0v) is 11.3. The first kappa shape index (κ1) is 13.5. The molecule has 0 aromatic carbocycles. The summed E-state index contributed by atoms with van der Waals surface area (Å²) in [6.07, 6.45) is 4.16. The van der Waals surface area contributed by atoms with Gasteiger partial charge >= 0.3 is 0 Å². The Labute approximate surface area is 108 Å². The summed E-state index contributed by atoms with van der Waals surface area (Å²) in [7, 11) is -0.911. The summed E-state index contributed by atoms with van der Waals surface area (Å²) in [5.74, 6) is 0.528. The van der Waals surface area contributed by atoms with Gasteiger partial charge in [0.25, 0.3) is 0 Å². The maximum atomic E-state index is 11.5. The highest BCUT2D eigenvalue weighted by molar-refractivity contribution is 7.91. The second-order valence-corrected chi connectivity index (χ2v) is 6.98. The van der Waals surface area contributed by atoms with Crippen LogP contribution in [0.5, 0.6) is 0 Å². The zero-order chi connectivity index (χ0) is 13.2. The Hall–Kier alpha value is -0.980. The highest BCUT2D eigenvalue weighted by Crippen LogP contribution is 2.25. The fraction of sp³-hybridized carbons (Fsp3) is 0.583. The minimum Gasteiger partial charge on any atom is -0.329 e. The summed E-state index contributed by atoms with van der Waals surface area (Å²) >= 11 is 0. The van der Waals surface area contributed by atoms with E-state index < -0.39 is 9.84 Å². The number of rotatable bonds is 4. The van der Waals surface area contributed by atoms with Crippen molar-refractivity contribution in [1.29, 1.82) is 0 Å². The molecule has 0 bridgehead atoms. The van der Waals surface area contributed by atoms with Gasteiger partial charge in [0.05, 0.1) is 11.5 Å². The number of hydrogen-bond donors (Lipinski definition) is 1. The molecule has 2 rings (SSSR count). The molecule has 0 spiro atoms. The molecule has 2 atom stereocenters. The molecular weight excluding hydrogens is 250 g/mol. The van der Waals surface area contributed by atoms with E-state index in [-0.39, 0.29) is 23.6 Å². The summed E-state index contributed by atoms with van der Waals surface area (Å²) in [4.78, 5) is 6.07. The highest BCUT2D eigenvalue weighted by atomic mass is 32.2. The Morgan fingerprint density at radius 2 is 2.17 bits per heavy atom. The van der Waals surface area contributed by atoms with Crippen molar-refractivity contribution < 1.29 is 8.42 Å². The van der Waals surface area contributed by atoms with E-state index in [0.717, 1.165) is 5.56 Å². The van der Waals surface area contributed by atoms with Crippen molar-refractivity contribution >= 4 is 9.84 Å². The van der Waals surface area contributed by atoms with Crippen molar-refractivity contribution in [2.75, 3.05) is 25.1 Å². The van der Waals surface area contributed by atoms with Crippen LogP contribution in [0.25, 0.3) is 0 Å². The second-order valence-electron chi connectivity index (χ2n) is 4.75. The molecule has 1 aromatic heterocycles. The molecular formula is C12H19N3O2S. The Balaban J connectivity index is 2.14. The lowest BCUT2D eigenvalue weighted by atomic mass is 10.1. The molecule has 1 aliphatic heterocycles. The third-order valence-corrected chi connectivity index (χ3v) is 5.34. The van der Waals surface area contributed by atoms with Crippen molar-refractivity contribution in [3.8, 4) is 0 Å². The van der Waals surface area contributed by atoms with E-state index in [0.29, 0.717) is 13.0 Å². The molecule has 100 valence electrons. The van der Waals surface area contributed by atoms with Crippen LogP contribution in [0, 0.1) is 0 Å². The average Bonchev–Trinajstić information content (AvgIpc) is 2.72. The first-order chi connectivity index (χ1) is 8.53. The fourth-order valence-corrected chi connectivity index (χ4v) is 4.26. The lowest BCUT2D eigenvalue weighted by Gasteiger charge is -2.31. The topological polar surface area (TPSA) is 76.3 Å². The van der Waals surface area contributed by atoms with Gasteiger partial charge in [-0.25, -0.2) is 8.42 Å². The van der Waals surface area contributed by atoms with Crippen molar-refractivity contribution in [3.63, 3.8) is 0 Å². The molecule has 2 unspecified atom stereocenters. The molecule has 5 nitrogen and oxygen atoms in total. The number of pyridine rings is 1. The Bertz CT molecular complexity index is 489. The van der Waals surface area contributed by atoms with Crippen molar-refractivity contribution in [1.82, 2.24) is 9.88 Å². The van der Waals surface area contributed by atoms with Crippen LogP contribution in [0.3, 0.4) is 0 Å². The molecule has 0 aliphatic carbocycles. The summed E-state index contributed by atoms with van der Waals surface area (Å²) in [6, 6.07) is 3.97. The molecule has 2 heterocycles. The molecule has 6 heteroatoms. The van der Waals surface area contributed by atoms with Gasteiger partial charge in [-0.15, -0.1) is 0 Å². The van der Waals surface area contributed by atoms with Gasteiger partial charge in [0.1, 0.15) is 0 Å². The Kier molecular flexibility index (Phi) is 3.99. The van der Waals surface area contributed by atoms with Crippen LogP contribution < -0.4 is 5.73 Å². The minimum atomic E-state index is -2.86. The molecule has 1 saturated heterocycles. The van der Waals surface area contributed by atoms with Gasteiger partial charge in [-0.1, -0.05) is 0 Å². The van der Waals surface area contributed by atoms with Crippen LogP contribution in [0.1, 0.15) is 18.0 Å². The van der Waals surface area contributed by atoms with Crippen molar-refractivity contribution in [2.24, 2.45) is 5.73 Å². The molecule has 1 fully saturated rings. The normalized spacial score (nSPS) is 24.3. The van der Waals surface area contributed by atoms with E-state index in [9.17, 15) is 8.42 Å². The van der Waals surface area contributed by atoms with E-state index in [2.05, 4.69) is 9.88 Å². The van der Waals surface area contributed by atoms with Gasteiger partial charge in [0, 0.05) is 31.0 Å². The average molecular weight is 269 g/mol. The number of nitrogens with zero attached hydrogens (tertiary/aromatic N) is 2. The number of nitrogens with two attached hydrogens (primary N) is 1. The first-order valence-corrected chi connectivity index (χ1v) is 7.88. The van der Waals surface area contributed by atoms with Gasteiger partial charge in [-0.3, -0.25) is 9.88 Å². The monoisotopic (exact) mass is 269 g/mol. The molecule has 1 aliphatic rings. The predicted octanol–water partition coefficient (Wildman–Crippen LogP) is 0.200. The smallest absolute Gasteiger partial charge is 0.151 e. The zero-order valence-electron chi connectivity index (χ0n) is 10.5. The minimum absolute atomic E-state index is 0.0475. The fourth-order valence-electron chi connectivity index (χ4n) is 2.47. The van der Waals surface area contributed by atoms with Crippen LogP contribution in [-0.2, 0) is 9.84 Å². The summed E-state index contributed by atoms with van der Waals surface area (Å²) in [5.41, 5.74) is 6.91. The number of likely N-dealkylation sites (N-methyl/N-ethyl adjacent to an activating group) is 1. The lowest BCUT2D eigenvalue weighted by Crippen LogP contribution is -2.39. The molecule has 0 amide bonds. The second kappa shape index (κ2) is 5.34. The number of aromatic nitrogens is 1. The van der Waals surface area contributed by atoms with Crippen LogP contribution in [0.4, 0.5) is 0 Å². The predicted molar refractivity (Wildman–Crippen MR) is 70.9 cm³/mol. The van der Waals surface area contributed by atoms with Gasteiger partial charge in [-0.05, 0) is 31.2 Å². The summed E-state index contributed by atoms with van der Waals surface area (Å²) in [6.45, 7) is 0.469. The molecule has 0 radical (unpaired) electrons. The van der Waals surface area contributed by atoms with Crippen molar-refractivity contribution in [3.05, 3.63) is 30.1 Å². The van der Waals surface area contributed by atoms with Crippen LogP contribution >= 0.6 is 0 Å². The lowest BCUT2D eigenvalue weighted by molar-refractivity contribution is 0.192. The Morgan fingerprint density at radius 3 is 2.67 bits per heavy atom. The summed E-state index contributed by atoms with van der Waals surface area (Å²) < 4.78 is 23.0. The number of hydrogen-bond acceptors (Lipinski definition) is 5. The van der Waals surface area contributed by atoms with Gasteiger partial charge in [0.15, 0.2) is 9.84 Å². The maximum absolute atomic E-state index is 11.5. The van der Waals surface area contributed by atoms with Gasteiger partial charge in [-0.2, -0.15) is 0 Å². The standard InChI is InChI=1S/C12H19N3O2S/c1-15(11-4-7-18(16,17)9-11)12(8-13)10-2-5-14-6-3-10/h2-3,5-6,11-12H,4,7-9,13H2,1H3. The van der Waals surface area contributed by atoms with E-state index in [1.165, 1.54) is 0 Å². The maximum Gasteiger partial charge on any atom is 0.151 e. The van der Waals surface area contributed by atoms with E-state index in [1.54, 1.807) is 12.4 Å². The van der Waals surface area contributed by atoms with Gasteiger partial charge < -0.3 is 5.73 Å². The Morgan fingerprint density at radius 1 is 1.50 bits per heavy atom. The highest BCUT2D eigenvalue weighted by Gasteiger charge is 2.33. The van der Waals surface area contributed by atoms with Crippen LogP contribution in [-0.4, -0.2) is 49.4 Å². The summed E-state index contributed by atoms with van der Waals surface area (Å²) in [5, 5.41) is 0. The molecule has 2 N–H and O–H groups in total. The van der Waals surface area contributed by atoms with E-state index >= 15 is 0 Å². The van der Waals surface area contributed by atoms with E-state index in [1.807, 2.05) is 19.2 Å². The van der Waals surface area contributed by atoms with Crippen molar-refractivity contribution in [2.45, 2.75) is 18.5 Å². The SMILES string of the molecule is CN(C1CCS(=O)(=O)C1)C(CN)c1ccncc1. The quantitative estimate of drug-likeness (QED) is 0.845. The third kappa shape index (κ3) is 2.88. The molecule has 1 aromatic rings. The largest absolute Gasteiger partial charge is 0.329 e. The third-order valence-electron chi connectivity index (χ3n) is 3.59.